The van der Waals surface area contributed by atoms with E-state index >= 15 is 0 Å². The van der Waals surface area contributed by atoms with E-state index in [9.17, 15) is 14.7 Å². The smallest absolute Gasteiger partial charge is 0.303 e. The summed E-state index contributed by atoms with van der Waals surface area (Å²) < 4.78 is 0. The second-order valence-corrected chi connectivity index (χ2v) is 8.94. The van der Waals surface area contributed by atoms with Crippen molar-refractivity contribution in [2.24, 2.45) is 23.7 Å². The topological polar surface area (TPSA) is 74.6 Å². The number of hydrogen-bond acceptors (Lipinski definition) is 2. The third kappa shape index (κ3) is 11.0. The van der Waals surface area contributed by atoms with Gasteiger partial charge < -0.3 is 10.2 Å². The predicted octanol–water partition coefficient (Wildman–Crippen LogP) is 7.25. The molecule has 0 heterocycles. The molecular formula is C26H44O4. The summed E-state index contributed by atoms with van der Waals surface area (Å²) >= 11 is 0. The van der Waals surface area contributed by atoms with Gasteiger partial charge in [-0.3, -0.25) is 9.59 Å². The molecule has 2 N–H and O–H groups in total. The number of rotatable bonds is 17. The van der Waals surface area contributed by atoms with Crippen LogP contribution < -0.4 is 0 Å². The Hall–Kier alpha value is -1.58. The van der Waals surface area contributed by atoms with Gasteiger partial charge in [-0.15, -0.1) is 0 Å². The summed E-state index contributed by atoms with van der Waals surface area (Å²) in [6.45, 7) is 4.36. The maximum Gasteiger partial charge on any atom is 0.303 e. The summed E-state index contributed by atoms with van der Waals surface area (Å²) in [6.07, 6.45) is 22.9. The molecule has 0 fully saturated rings. The van der Waals surface area contributed by atoms with E-state index in [1.54, 1.807) is 0 Å². The maximum atomic E-state index is 11.6. The molecule has 172 valence electrons. The molecule has 0 aromatic heterocycles. The van der Waals surface area contributed by atoms with Crippen LogP contribution in [0.2, 0.25) is 0 Å². The highest BCUT2D eigenvalue weighted by Crippen LogP contribution is 2.42. The van der Waals surface area contributed by atoms with Crippen LogP contribution in [0.4, 0.5) is 0 Å². The van der Waals surface area contributed by atoms with Gasteiger partial charge in [0, 0.05) is 12.8 Å². The number of carboxylic acids is 2. The van der Waals surface area contributed by atoms with Crippen molar-refractivity contribution < 1.29 is 19.8 Å². The molecule has 4 unspecified atom stereocenters. The van der Waals surface area contributed by atoms with Gasteiger partial charge in [-0.1, -0.05) is 89.5 Å². The molecule has 4 atom stereocenters. The second-order valence-electron chi connectivity index (χ2n) is 8.94. The Kier molecular flexibility index (Phi) is 14.2. The highest BCUT2D eigenvalue weighted by molar-refractivity contribution is 5.67. The Morgan fingerprint density at radius 1 is 0.800 bits per heavy atom. The van der Waals surface area contributed by atoms with Crippen molar-refractivity contribution in [3.8, 4) is 0 Å². The molecule has 0 amide bonds. The van der Waals surface area contributed by atoms with Crippen molar-refractivity contribution in [1.82, 2.24) is 0 Å². The molecule has 30 heavy (non-hydrogen) atoms. The molecule has 4 heteroatoms. The highest BCUT2D eigenvalue weighted by atomic mass is 16.4. The summed E-state index contributed by atoms with van der Waals surface area (Å²) in [6, 6.07) is 0. The van der Waals surface area contributed by atoms with Gasteiger partial charge in [0.1, 0.15) is 0 Å². The van der Waals surface area contributed by atoms with Crippen LogP contribution in [0.5, 0.6) is 0 Å². The molecule has 0 bridgehead atoms. The summed E-state index contributed by atoms with van der Waals surface area (Å²) in [7, 11) is 0. The van der Waals surface area contributed by atoms with Crippen molar-refractivity contribution in [1.29, 1.82) is 0 Å². The molecule has 0 radical (unpaired) electrons. The lowest BCUT2D eigenvalue weighted by Crippen LogP contribution is -2.32. The van der Waals surface area contributed by atoms with Crippen molar-refractivity contribution in [2.45, 2.75) is 104 Å². The quantitative estimate of drug-likeness (QED) is 0.192. The van der Waals surface area contributed by atoms with Gasteiger partial charge in [-0.25, -0.2) is 0 Å². The van der Waals surface area contributed by atoms with E-state index in [4.69, 9.17) is 5.11 Å². The van der Waals surface area contributed by atoms with E-state index in [2.05, 4.69) is 38.2 Å². The van der Waals surface area contributed by atoms with E-state index in [-0.39, 0.29) is 18.8 Å². The first-order valence-electron chi connectivity index (χ1n) is 12.3. The zero-order chi connectivity index (χ0) is 22.2. The molecule has 1 aliphatic carbocycles. The van der Waals surface area contributed by atoms with Gasteiger partial charge >= 0.3 is 11.9 Å². The number of hydrogen-bond donors (Lipinski definition) is 2. The fourth-order valence-electron chi connectivity index (χ4n) is 4.82. The minimum Gasteiger partial charge on any atom is -0.481 e. The predicted molar refractivity (Wildman–Crippen MR) is 123 cm³/mol. The highest BCUT2D eigenvalue weighted by Gasteiger charge is 2.35. The third-order valence-electron chi connectivity index (χ3n) is 6.47. The zero-order valence-electron chi connectivity index (χ0n) is 19.2. The van der Waals surface area contributed by atoms with Gasteiger partial charge in [0.2, 0.25) is 0 Å². The van der Waals surface area contributed by atoms with Crippen molar-refractivity contribution >= 4 is 11.9 Å². The van der Waals surface area contributed by atoms with Crippen LogP contribution in [0, 0.1) is 23.7 Å². The normalized spacial score (nSPS) is 23.8. The molecule has 0 saturated heterocycles. The van der Waals surface area contributed by atoms with Crippen molar-refractivity contribution in [2.75, 3.05) is 0 Å². The molecule has 0 aromatic rings. The molecule has 1 aliphatic rings. The molecular weight excluding hydrogens is 376 g/mol. The largest absolute Gasteiger partial charge is 0.481 e. The number of aliphatic carboxylic acids is 2. The van der Waals surface area contributed by atoms with Crippen LogP contribution >= 0.6 is 0 Å². The first kappa shape index (κ1) is 26.5. The lowest BCUT2D eigenvalue weighted by atomic mass is 9.66. The minimum atomic E-state index is -0.705. The number of carbonyl (C=O) groups is 2. The Morgan fingerprint density at radius 2 is 1.40 bits per heavy atom. The van der Waals surface area contributed by atoms with Crippen molar-refractivity contribution in [3.05, 3.63) is 24.3 Å². The van der Waals surface area contributed by atoms with Gasteiger partial charge in [0.05, 0.1) is 0 Å². The van der Waals surface area contributed by atoms with Crippen LogP contribution in [-0.2, 0) is 9.59 Å². The monoisotopic (exact) mass is 420 g/mol. The summed E-state index contributed by atoms with van der Waals surface area (Å²) in [5.74, 6) is -0.0400. The van der Waals surface area contributed by atoms with Gasteiger partial charge in [0.25, 0.3) is 0 Å². The van der Waals surface area contributed by atoms with Crippen LogP contribution in [0.1, 0.15) is 104 Å². The van der Waals surface area contributed by atoms with E-state index in [0.29, 0.717) is 17.8 Å². The standard InChI is InChI=1S/C26H44O4/c1-3-5-11-14-21-18-19-22(15-12-9-7-8-10-13-17-25(27)28)24(20-26(29)30)23(21)16-6-4-2/h6,16,18-19,21-24H,3-5,7-15,17,20H2,1-2H3,(H,27,28)(H,29,30). The van der Waals surface area contributed by atoms with Gasteiger partial charge in [-0.05, 0) is 49.4 Å². The minimum absolute atomic E-state index is 0.192. The van der Waals surface area contributed by atoms with Gasteiger partial charge in [-0.2, -0.15) is 0 Å². The van der Waals surface area contributed by atoms with E-state index < -0.39 is 11.9 Å². The van der Waals surface area contributed by atoms with Crippen molar-refractivity contribution in [3.63, 3.8) is 0 Å². The Balaban J connectivity index is 2.61. The van der Waals surface area contributed by atoms with Crippen LogP contribution in [-0.4, -0.2) is 22.2 Å². The number of carboxylic acid groups (broad SMARTS) is 2. The average Bonchev–Trinajstić information content (AvgIpc) is 2.70. The Labute approximate surface area is 183 Å². The summed E-state index contributed by atoms with van der Waals surface area (Å²) in [5, 5.41) is 18.3. The molecule has 4 nitrogen and oxygen atoms in total. The molecule has 0 aliphatic heterocycles. The SMILES string of the molecule is CCC=CC1C(CCCCC)C=CC(CCCCCCCCC(=O)O)C1CC(=O)O. The molecule has 1 rings (SSSR count). The fraction of sp³-hybridized carbons (Fsp3) is 0.769. The molecule has 0 saturated carbocycles. The molecule has 0 spiro atoms. The zero-order valence-corrected chi connectivity index (χ0v) is 19.2. The maximum absolute atomic E-state index is 11.6. The molecule has 0 aromatic carbocycles. The Bertz CT molecular complexity index is 537. The summed E-state index contributed by atoms with van der Waals surface area (Å²) in [5.41, 5.74) is 0. The third-order valence-corrected chi connectivity index (χ3v) is 6.47. The number of unbranched alkanes of at least 4 members (excludes halogenated alkanes) is 7. The number of allylic oxidation sites excluding steroid dienone is 4. The summed E-state index contributed by atoms with van der Waals surface area (Å²) in [4.78, 5) is 22.2. The van der Waals surface area contributed by atoms with Crippen LogP contribution in [0.25, 0.3) is 0 Å². The van der Waals surface area contributed by atoms with E-state index in [0.717, 1.165) is 57.8 Å². The Morgan fingerprint density at radius 3 is 2.03 bits per heavy atom. The van der Waals surface area contributed by atoms with Crippen LogP contribution in [0.15, 0.2) is 24.3 Å². The van der Waals surface area contributed by atoms with E-state index in [1.165, 1.54) is 19.3 Å². The van der Waals surface area contributed by atoms with E-state index in [1.807, 2.05) is 0 Å². The van der Waals surface area contributed by atoms with Crippen LogP contribution in [0.3, 0.4) is 0 Å². The first-order chi connectivity index (χ1) is 14.5. The van der Waals surface area contributed by atoms with Gasteiger partial charge in [0.15, 0.2) is 0 Å². The second kappa shape index (κ2) is 16.2. The lowest BCUT2D eigenvalue weighted by molar-refractivity contribution is -0.139. The fourth-order valence-corrected chi connectivity index (χ4v) is 4.82. The lowest BCUT2D eigenvalue weighted by Gasteiger charge is -2.38. The average molecular weight is 421 g/mol. The first-order valence-corrected chi connectivity index (χ1v) is 12.3.